The second-order valence-electron chi connectivity index (χ2n) is 4.77. The molecule has 1 fully saturated rings. The molecule has 0 aromatic heterocycles. The van der Waals surface area contributed by atoms with Gasteiger partial charge in [-0.25, -0.2) is 19.4 Å². The summed E-state index contributed by atoms with van der Waals surface area (Å²) in [6.07, 6.45) is 7.80. The van der Waals surface area contributed by atoms with Gasteiger partial charge >= 0.3 is 11.9 Å². The maximum absolute atomic E-state index is 11.5. The van der Waals surface area contributed by atoms with Gasteiger partial charge in [0.15, 0.2) is 0 Å². The first-order valence-electron chi connectivity index (χ1n) is 6.28. The highest BCUT2D eigenvalue weighted by molar-refractivity contribution is 5.90. The van der Waals surface area contributed by atoms with Gasteiger partial charge in [-0.15, -0.1) is 0 Å². The molecule has 0 aromatic carbocycles. The number of carbonyl (C=O) groups is 2. The molecule has 1 aliphatic carbocycles. The van der Waals surface area contributed by atoms with Crippen LogP contribution >= 0.6 is 0 Å². The van der Waals surface area contributed by atoms with Crippen molar-refractivity contribution < 1.29 is 19.4 Å². The lowest BCUT2D eigenvalue weighted by molar-refractivity contribution is -0.252. The molecule has 4 nitrogen and oxygen atoms in total. The van der Waals surface area contributed by atoms with E-state index in [-0.39, 0.29) is 5.57 Å². The van der Waals surface area contributed by atoms with Crippen LogP contribution in [0, 0.1) is 5.92 Å². The molecular formula is C14H20O4. The number of rotatable bonds is 3. The van der Waals surface area contributed by atoms with Crippen molar-refractivity contribution in [3.8, 4) is 0 Å². The van der Waals surface area contributed by atoms with Crippen molar-refractivity contribution in [1.29, 1.82) is 0 Å². The maximum atomic E-state index is 11.5. The Morgan fingerprint density at radius 2 is 1.61 bits per heavy atom. The van der Waals surface area contributed by atoms with Crippen LogP contribution in [0.15, 0.2) is 23.8 Å². The Balaban J connectivity index is 2.42. The van der Waals surface area contributed by atoms with Crippen LogP contribution in [0.1, 0.15) is 46.0 Å². The van der Waals surface area contributed by atoms with Gasteiger partial charge in [-0.1, -0.05) is 31.9 Å². The molecule has 0 spiro atoms. The molecule has 0 aliphatic heterocycles. The smallest absolute Gasteiger partial charge is 0.242 e. The van der Waals surface area contributed by atoms with E-state index in [1.54, 1.807) is 6.92 Å². The Labute approximate surface area is 108 Å². The molecule has 0 N–H and O–H groups in total. The highest BCUT2D eigenvalue weighted by atomic mass is 17.2. The second kappa shape index (κ2) is 6.99. The van der Waals surface area contributed by atoms with Crippen LogP contribution in [0.5, 0.6) is 0 Å². The zero-order valence-corrected chi connectivity index (χ0v) is 11.0. The lowest BCUT2D eigenvalue weighted by Gasteiger charge is -2.18. The monoisotopic (exact) mass is 252 g/mol. The Kier molecular flexibility index (Phi) is 5.62. The highest BCUT2D eigenvalue weighted by Crippen LogP contribution is 2.25. The third kappa shape index (κ3) is 4.73. The number of hydrogen-bond donors (Lipinski definition) is 0. The fourth-order valence-corrected chi connectivity index (χ4v) is 1.93. The van der Waals surface area contributed by atoms with Crippen molar-refractivity contribution in [2.75, 3.05) is 0 Å². The van der Waals surface area contributed by atoms with Crippen LogP contribution in [0.4, 0.5) is 0 Å². The molecule has 0 amide bonds. The van der Waals surface area contributed by atoms with E-state index < -0.39 is 11.9 Å². The molecule has 18 heavy (non-hydrogen) atoms. The van der Waals surface area contributed by atoms with E-state index in [4.69, 9.17) is 0 Å². The lowest BCUT2D eigenvalue weighted by Crippen LogP contribution is -2.13. The molecule has 1 rings (SSSR count). The van der Waals surface area contributed by atoms with Crippen molar-refractivity contribution in [3.63, 3.8) is 0 Å². The van der Waals surface area contributed by atoms with E-state index in [0.717, 1.165) is 12.8 Å². The fourth-order valence-electron chi connectivity index (χ4n) is 1.93. The van der Waals surface area contributed by atoms with Gasteiger partial charge in [0, 0.05) is 11.1 Å². The van der Waals surface area contributed by atoms with Gasteiger partial charge in [0.2, 0.25) is 0 Å². The van der Waals surface area contributed by atoms with Crippen LogP contribution in [-0.2, 0) is 19.4 Å². The molecule has 0 radical (unpaired) electrons. The normalized spacial score (nSPS) is 17.1. The summed E-state index contributed by atoms with van der Waals surface area (Å²) in [4.78, 5) is 31.4. The van der Waals surface area contributed by atoms with Gasteiger partial charge in [0.1, 0.15) is 0 Å². The lowest BCUT2D eigenvalue weighted by atomic mass is 9.88. The number of hydrogen-bond acceptors (Lipinski definition) is 4. The molecular weight excluding hydrogens is 232 g/mol. The average Bonchev–Trinajstić information content (AvgIpc) is 2.36. The first-order chi connectivity index (χ1) is 8.50. The molecule has 0 heterocycles. The van der Waals surface area contributed by atoms with Crippen molar-refractivity contribution in [1.82, 2.24) is 0 Å². The summed E-state index contributed by atoms with van der Waals surface area (Å²) in [6, 6.07) is 0. The van der Waals surface area contributed by atoms with Gasteiger partial charge in [0.25, 0.3) is 0 Å². The maximum Gasteiger partial charge on any atom is 0.381 e. The summed E-state index contributed by atoms with van der Waals surface area (Å²) in [5, 5.41) is 0. The molecule has 0 aromatic rings. The summed E-state index contributed by atoms with van der Waals surface area (Å²) in [5.41, 5.74) is 0.674. The van der Waals surface area contributed by atoms with E-state index >= 15 is 0 Å². The van der Waals surface area contributed by atoms with Crippen LogP contribution in [-0.4, -0.2) is 11.9 Å². The van der Waals surface area contributed by atoms with Gasteiger partial charge in [0.05, 0.1) is 0 Å². The minimum atomic E-state index is -0.728. The second-order valence-corrected chi connectivity index (χ2v) is 4.77. The van der Waals surface area contributed by atoms with E-state index in [1.165, 1.54) is 26.2 Å². The first-order valence-corrected chi connectivity index (χ1v) is 6.28. The molecule has 1 aliphatic rings. The predicted molar refractivity (Wildman–Crippen MR) is 67.3 cm³/mol. The minimum absolute atomic E-state index is 0.191. The molecule has 0 unspecified atom stereocenters. The number of allylic oxidation sites excluding steroid dienone is 1. The van der Waals surface area contributed by atoms with Crippen LogP contribution in [0.25, 0.3) is 0 Å². The Bertz CT molecular complexity index is 362. The average molecular weight is 252 g/mol. The van der Waals surface area contributed by atoms with E-state index in [9.17, 15) is 9.59 Å². The third-order valence-corrected chi connectivity index (χ3v) is 3.00. The zero-order chi connectivity index (χ0) is 13.5. The standard InChI is InChI=1S/C14H20O4/c1-10(2)13(15)17-18-14(16)11(3)9-12-7-5-4-6-8-12/h9,12H,1,4-8H2,2-3H3/b11-9+. The summed E-state index contributed by atoms with van der Waals surface area (Å²) >= 11 is 0. The highest BCUT2D eigenvalue weighted by Gasteiger charge is 2.16. The molecule has 100 valence electrons. The molecule has 0 bridgehead atoms. The largest absolute Gasteiger partial charge is 0.381 e. The molecule has 4 heteroatoms. The Hall–Kier alpha value is -1.58. The minimum Gasteiger partial charge on any atom is -0.242 e. The van der Waals surface area contributed by atoms with Crippen LogP contribution in [0.2, 0.25) is 0 Å². The molecule has 0 saturated heterocycles. The Morgan fingerprint density at radius 1 is 1.06 bits per heavy atom. The summed E-state index contributed by atoms with van der Waals surface area (Å²) in [6.45, 7) is 6.55. The predicted octanol–water partition coefficient (Wildman–Crippen LogP) is 3.09. The van der Waals surface area contributed by atoms with Crippen molar-refractivity contribution >= 4 is 11.9 Å². The quantitative estimate of drug-likeness (QED) is 0.440. The SMILES string of the molecule is C=C(C)C(=O)OOC(=O)/C(C)=C/C1CCCCC1. The van der Waals surface area contributed by atoms with Gasteiger partial charge in [-0.2, -0.15) is 0 Å². The molecule has 1 saturated carbocycles. The van der Waals surface area contributed by atoms with Gasteiger partial charge < -0.3 is 0 Å². The van der Waals surface area contributed by atoms with Gasteiger partial charge in [-0.05, 0) is 32.6 Å². The Morgan fingerprint density at radius 3 is 2.17 bits per heavy atom. The third-order valence-electron chi connectivity index (χ3n) is 3.00. The van der Waals surface area contributed by atoms with Crippen molar-refractivity contribution in [3.05, 3.63) is 23.8 Å². The van der Waals surface area contributed by atoms with Crippen LogP contribution < -0.4 is 0 Å². The summed E-state index contributed by atoms with van der Waals surface area (Å²) < 4.78 is 0. The van der Waals surface area contributed by atoms with Gasteiger partial charge in [-0.3, -0.25) is 0 Å². The summed E-state index contributed by atoms with van der Waals surface area (Å²) in [5.74, 6) is -0.910. The number of carbonyl (C=O) groups excluding carboxylic acids is 2. The van der Waals surface area contributed by atoms with Crippen molar-refractivity contribution in [2.45, 2.75) is 46.0 Å². The zero-order valence-electron chi connectivity index (χ0n) is 11.0. The van der Waals surface area contributed by atoms with Crippen LogP contribution in [0.3, 0.4) is 0 Å². The van der Waals surface area contributed by atoms with E-state index in [1.807, 2.05) is 6.08 Å². The van der Waals surface area contributed by atoms with Crippen molar-refractivity contribution in [2.24, 2.45) is 5.92 Å². The van der Waals surface area contributed by atoms with E-state index in [2.05, 4.69) is 16.4 Å². The van der Waals surface area contributed by atoms with E-state index in [0.29, 0.717) is 11.5 Å². The fraction of sp³-hybridized carbons (Fsp3) is 0.571. The molecule has 0 atom stereocenters. The first kappa shape index (κ1) is 14.5. The topological polar surface area (TPSA) is 52.6 Å². The summed E-state index contributed by atoms with van der Waals surface area (Å²) in [7, 11) is 0.